The van der Waals surface area contributed by atoms with Crippen LogP contribution >= 0.6 is 0 Å². The molecule has 0 unspecified atom stereocenters. The van der Waals surface area contributed by atoms with Crippen LogP contribution in [0.15, 0.2) is 54.7 Å². The van der Waals surface area contributed by atoms with Gasteiger partial charge < -0.3 is 10.1 Å². The molecule has 3 rings (SSSR count). The molecule has 0 aliphatic carbocycles. The number of amides is 1. The molecule has 0 saturated heterocycles. The van der Waals surface area contributed by atoms with Gasteiger partial charge in [-0.2, -0.15) is 0 Å². The zero-order chi connectivity index (χ0) is 17.3. The summed E-state index contributed by atoms with van der Waals surface area (Å²) in [7, 11) is 0. The molecular formula is C20H22N2O2. The fraction of sp³-hybridized carbons (Fsp3) is 0.250. The fourth-order valence-corrected chi connectivity index (χ4v) is 2.94. The van der Waals surface area contributed by atoms with Crippen LogP contribution in [0.4, 0.5) is 4.79 Å². The highest BCUT2D eigenvalue weighted by molar-refractivity contribution is 5.94. The van der Waals surface area contributed by atoms with Crippen molar-refractivity contribution in [2.75, 3.05) is 0 Å². The van der Waals surface area contributed by atoms with Crippen molar-refractivity contribution < 1.29 is 9.90 Å². The van der Waals surface area contributed by atoms with Crippen molar-refractivity contribution in [3.05, 3.63) is 60.3 Å². The van der Waals surface area contributed by atoms with Crippen LogP contribution in [0.5, 0.6) is 0 Å². The minimum Gasteiger partial charge on any atom is -0.465 e. The van der Waals surface area contributed by atoms with E-state index in [0.29, 0.717) is 6.54 Å². The largest absolute Gasteiger partial charge is 0.465 e. The topological polar surface area (TPSA) is 56.3 Å². The van der Waals surface area contributed by atoms with Crippen molar-refractivity contribution in [3.63, 3.8) is 0 Å². The van der Waals surface area contributed by atoms with Crippen molar-refractivity contribution in [1.29, 1.82) is 0 Å². The molecule has 0 bridgehead atoms. The summed E-state index contributed by atoms with van der Waals surface area (Å²) >= 11 is 0. The monoisotopic (exact) mass is 322 g/mol. The minimum absolute atomic E-state index is 0.368. The molecule has 2 N–H and O–H groups in total. The summed E-state index contributed by atoms with van der Waals surface area (Å²) in [5.74, 6) is 0. The fourth-order valence-electron chi connectivity index (χ4n) is 2.94. The molecule has 4 nitrogen and oxygen atoms in total. The molecule has 0 aliphatic heterocycles. The van der Waals surface area contributed by atoms with Gasteiger partial charge in [-0.05, 0) is 49.4 Å². The summed E-state index contributed by atoms with van der Waals surface area (Å²) in [6.07, 6.45) is 1.03. The quantitative estimate of drug-likeness (QED) is 0.703. The summed E-state index contributed by atoms with van der Waals surface area (Å²) in [6, 6.07) is 16.3. The Morgan fingerprint density at radius 1 is 1.12 bits per heavy atom. The second-order valence-electron chi connectivity index (χ2n) is 6.99. The van der Waals surface area contributed by atoms with Gasteiger partial charge in [-0.25, -0.2) is 4.79 Å². The first-order valence-electron chi connectivity index (χ1n) is 8.02. The number of nitrogens with zero attached hydrogens (tertiary/aromatic N) is 1. The Hall–Kier alpha value is -2.75. The normalized spacial score (nSPS) is 11.6. The molecule has 1 heterocycles. The van der Waals surface area contributed by atoms with E-state index in [9.17, 15) is 9.90 Å². The van der Waals surface area contributed by atoms with Crippen LogP contribution < -0.4 is 0 Å². The average molecular weight is 322 g/mol. The van der Waals surface area contributed by atoms with Crippen LogP contribution in [0, 0.1) is 0 Å². The first kappa shape index (κ1) is 16.1. The molecule has 3 aromatic rings. The Balaban J connectivity index is 1.98. The van der Waals surface area contributed by atoms with Crippen LogP contribution in [0.2, 0.25) is 0 Å². The number of rotatable bonds is 3. The second kappa shape index (κ2) is 6.04. The lowest BCUT2D eigenvalue weighted by atomic mass is 10.00. The number of para-hydroxylation sites is 1. The predicted molar refractivity (Wildman–Crippen MR) is 97.1 cm³/mol. The number of hydrogen-bond donors (Lipinski definition) is 2. The van der Waals surface area contributed by atoms with Crippen molar-refractivity contribution in [2.24, 2.45) is 0 Å². The Kier molecular flexibility index (Phi) is 4.06. The SMILES string of the molecule is CC(C)(C)N(Cc1cccc(-c2cccc3cc[nH]c23)c1)C(=O)O. The zero-order valence-electron chi connectivity index (χ0n) is 14.2. The van der Waals surface area contributed by atoms with E-state index in [-0.39, 0.29) is 0 Å². The maximum atomic E-state index is 11.6. The zero-order valence-corrected chi connectivity index (χ0v) is 14.2. The highest BCUT2D eigenvalue weighted by Crippen LogP contribution is 2.29. The average Bonchev–Trinajstić information content (AvgIpc) is 3.00. The molecule has 2 aromatic carbocycles. The lowest BCUT2D eigenvalue weighted by Gasteiger charge is -2.33. The molecule has 124 valence electrons. The smallest absolute Gasteiger partial charge is 0.408 e. The van der Waals surface area contributed by atoms with E-state index < -0.39 is 11.6 Å². The lowest BCUT2D eigenvalue weighted by Crippen LogP contribution is -2.44. The Labute approximate surface area is 141 Å². The van der Waals surface area contributed by atoms with Gasteiger partial charge in [-0.3, -0.25) is 4.90 Å². The highest BCUT2D eigenvalue weighted by Gasteiger charge is 2.26. The van der Waals surface area contributed by atoms with Crippen LogP contribution in [0.1, 0.15) is 26.3 Å². The third-order valence-electron chi connectivity index (χ3n) is 4.21. The second-order valence-corrected chi connectivity index (χ2v) is 6.99. The third kappa shape index (κ3) is 3.13. The molecular weight excluding hydrogens is 300 g/mol. The highest BCUT2D eigenvalue weighted by atomic mass is 16.4. The Morgan fingerprint density at radius 3 is 2.58 bits per heavy atom. The molecule has 0 radical (unpaired) electrons. The number of aromatic nitrogens is 1. The van der Waals surface area contributed by atoms with Gasteiger partial charge >= 0.3 is 6.09 Å². The van der Waals surface area contributed by atoms with Gasteiger partial charge in [0.25, 0.3) is 0 Å². The molecule has 24 heavy (non-hydrogen) atoms. The van der Waals surface area contributed by atoms with Crippen LogP contribution in [0.25, 0.3) is 22.0 Å². The van der Waals surface area contributed by atoms with Gasteiger partial charge in [0.05, 0.1) is 5.52 Å². The van der Waals surface area contributed by atoms with E-state index in [1.807, 2.05) is 45.2 Å². The molecule has 0 atom stereocenters. The van der Waals surface area contributed by atoms with Gasteiger partial charge in [0, 0.05) is 23.8 Å². The minimum atomic E-state index is -0.903. The summed E-state index contributed by atoms with van der Waals surface area (Å²) in [6.45, 7) is 6.09. The standard InChI is InChI=1S/C20H22N2O2/c1-20(2,3)22(19(23)24)13-14-6-4-8-16(12-14)17-9-5-7-15-10-11-21-18(15)17/h4-12,21H,13H2,1-3H3,(H,23,24). The maximum absolute atomic E-state index is 11.6. The third-order valence-corrected chi connectivity index (χ3v) is 4.21. The van der Waals surface area contributed by atoms with Crippen molar-refractivity contribution in [1.82, 2.24) is 9.88 Å². The van der Waals surface area contributed by atoms with Gasteiger partial charge in [0.2, 0.25) is 0 Å². The van der Waals surface area contributed by atoms with Gasteiger partial charge in [-0.15, -0.1) is 0 Å². The van der Waals surface area contributed by atoms with Crippen molar-refractivity contribution in [2.45, 2.75) is 32.9 Å². The van der Waals surface area contributed by atoms with E-state index in [1.54, 1.807) is 0 Å². The molecule has 0 fully saturated rings. The summed E-state index contributed by atoms with van der Waals surface area (Å²) < 4.78 is 0. The number of hydrogen-bond acceptors (Lipinski definition) is 1. The first-order chi connectivity index (χ1) is 11.4. The number of benzene rings is 2. The Bertz CT molecular complexity index is 874. The molecule has 0 spiro atoms. The van der Waals surface area contributed by atoms with Gasteiger partial charge in [0.1, 0.15) is 0 Å². The van der Waals surface area contributed by atoms with E-state index in [2.05, 4.69) is 35.3 Å². The lowest BCUT2D eigenvalue weighted by molar-refractivity contribution is 0.0956. The summed E-state index contributed by atoms with van der Waals surface area (Å²) in [5.41, 5.74) is 3.84. The first-order valence-corrected chi connectivity index (χ1v) is 8.02. The van der Waals surface area contributed by atoms with E-state index in [0.717, 1.165) is 22.2 Å². The molecule has 1 amide bonds. The van der Waals surface area contributed by atoms with Crippen molar-refractivity contribution in [3.8, 4) is 11.1 Å². The Morgan fingerprint density at radius 2 is 1.88 bits per heavy atom. The molecule has 1 aromatic heterocycles. The van der Waals surface area contributed by atoms with Crippen LogP contribution in [-0.2, 0) is 6.54 Å². The van der Waals surface area contributed by atoms with E-state index >= 15 is 0 Å². The summed E-state index contributed by atoms with van der Waals surface area (Å²) in [5, 5.41) is 10.7. The number of carbonyl (C=O) groups is 1. The molecule has 0 saturated carbocycles. The summed E-state index contributed by atoms with van der Waals surface area (Å²) in [4.78, 5) is 16.3. The van der Waals surface area contributed by atoms with Gasteiger partial charge in [-0.1, -0.05) is 36.4 Å². The predicted octanol–water partition coefficient (Wildman–Crippen LogP) is 5.11. The van der Waals surface area contributed by atoms with Crippen LogP contribution in [-0.4, -0.2) is 26.6 Å². The van der Waals surface area contributed by atoms with Crippen LogP contribution in [0.3, 0.4) is 0 Å². The van der Waals surface area contributed by atoms with E-state index in [1.165, 1.54) is 10.3 Å². The van der Waals surface area contributed by atoms with Crippen molar-refractivity contribution >= 4 is 17.0 Å². The molecule has 0 aliphatic rings. The number of aromatic amines is 1. The number of fused-ring (bicyclic) bond motifs is 1. The molecule has 4 heteroatoms. The number of carboxylic acid groups (broad SMARTS) is 1. The number of nitrogens with one attached hydrogen (secondary N) is 1. The van der Waals surface area contributed by atoms with E-state index in [4.69, 9.17) is 0 Å². The number of H-pyrrole nitrogens is 1. The maximum Gasteiger partial charge on any atom is 0.408 e. The van der Waals surface area contributed by atoms with Gasteiger partial charge in [0.15, 0.2) is 0 Å².